The van der Waals surface area contributed by atoms with Crippen molar-refractivity contribution in [3.63, 3.8) is 0 Å². The highest BCUT2D eigenvalue weighted by molar-refractivity contribution is 6.10. The summed E-state index contributed by atoms with van der Waals surface area (Å²) in [6.45, 7) is 6.79. The summed E-state index contributed by atoms with van der Waals surface area (Å²) in [5.41, 5.74) is 0.296. The number of benzene rings is 1. The number of carbonyl (C=O) groups excluding carboxylic acids is 2. The number of aryl methyl sites for hydroxylation is 1. The van der Waals surface area contributed by atoms with Gasteiger partial charge in [-0.3, -0.25) is 0 Å². The summed E-state index contributed by atoms with van der Waals surface area (Å²) in [7, 11) is 0. The molecule has 186 valence electrons. The third-order valence-electron chi connectivity index (χ3n) is 5.63. The van der Waals surface area contributed by atoms with E-state index in [1.54, 1.807) is 12.1 Å². The number of carboxylic acid groups (broad SMARTS) is 1. The molecule has 0 heterocycles. The zero-order chi connectivity index (χ0) is 24.5. The van der Waals surface area contributed by atoms with Crippen molar-refractivity contribution in [2.24, 2.45) is 0 Å². The van der Waals surface area contributed by atoms with Gasteiger partial charge in [0, 0.05) is 0 Å². The molecule has 0 saturated carbocycles. The quantitative estimate of drug-likeness (QED) is 0.187. The Kier molecular flexibility index (Phi) is 14.9. The summed E-state index contributed by atoms with van der Waals surface area (Å²) in [4.78, 5) is 37.7. The lowest BCUT2D eigenvalue weighted by molar-refractivity contribution is 0.0476. The standard InChI is InChI=1S/C27H42O6/c1-4-7-10-13-16-21-19-22(26(30)32-17-14-11-8-5-2)24(25(28)29)23(20-21)27(31)33-18-15-12-9-6-3/h19-20H,4-18H2,1-3H3,(H,28,29). The van der Waals surface area contributed by atoms with Crippen molar-refractivity contribution in [2.75, 3.05) is 13.2 Å². The van der Waals surface area contributed by atoms with E-state index in [4.69, 9.17) is 9.47 Å². The average Bonchev–Trinajstić information content (AvgIpc) is 2.80. The number of carboxylic acids is 1. The summed E-state index contributed by atoms with van der Waals surface area (Å²) in [6, 6.07) is 3.14. The van der Waals surface area contributed by atoms with E-state index >= 15 is 0 Å². The largest absolute Gasteiger partial charge is 0.478 e. The van der Waals surface area contributed by atoms with E-state index in [1.807, 2.05) is 0 Å². The van der Waals surface area contributed by atoms with E-state index in [0.29, 0.717) is 6.42 Å². The minimum atomic E-state index is -1.33. The normalized spacial score (nSPS) is 10.8. The molecule has 0 aliphatic rings. The maximum Gasteiger partial charge on any atom is 0.339 e. The number of ether oxygens (including phenoxy) is 2. The van der Waals surface area contributed by atoms with E-state index in [2.05, 4.69) is 20.8 Å². The second kappa shape index (κ2) is 17.2. The topological polar surface area (TPSA) is 89.9 Å². The number of carbonyl (C=O) groups is 3. The van der Waals surface area contributed by atoms with E-state index in [1.165, 1.54) is 0 Å². The zero-order valence-corrected chi connectivity index (χ0v) is 20.7. The number of aromatic carboxylic acids is 1. The van der Waals surface area contributed by atoms with Crippen LogP contribution in [0.2, 0.25) is 0 Å². The lowest BCUT2D eigenvalue weighted by atomic mass is 9.94. The van der Waals surface area contributed by atoms with Gasteiger partial charge < -0.3 is 14.6 Å². The molecule has 0 radical (unpaired) electrons. The number of unbranched alkanes of at least 4 members (excludes halogenated alkanes) is 9. The molecule has 1 rings (SSSR count). The highest BCUT2D eigenvalue weighted by Gasteiger charge is 2.27. The monoisotopic (exact) mass is 462 g/mol. The molecular weight excluding hydrogens is 420 g/mol. The van der Waals surface area contributed by atoms with Crippen LogP contribution in [-0.4, -0.2) is 36.2 Å². The summed E-state index contributed by atoms with van der Waals surface area (Å²) in [5.74, 6) is -2.73. The van der Waals surface area contributed by atoms with Crippen LogP contribution >= 0.6 is 0 Å². The molecule has 0 aromatic heterocycles. The first-order chi connectivity index (χ1) is 16.0. The predicted molar refractivity (Wildman–Crippen MR) is 130 cm³/mol. The fourth-order valence-corrected chi connectivity index (χ4v) is 3.70. The highest BCUT2D eigenvalue weighted by Crippen LogP contribution is 2.23. The van der Waals surface area contributed by atoms with Gasteiger partial charge in [-0.25, -0.2) is 14.4 Å². The molecule has 0 fully saturated rings. The van der Waals surface area contributed by atoms with Crippen molar-refractivity contribution in [3.05, 3.63) is 34.4 Å². The van der Waals surface area contributed by atoms with E-state index < -0.39 is 17.9 Å². The van der Waals surface area contributed by atoms with Crippen LogP contribution in [0.25, 0.3) is 0 Å². The zero-order valence-electron chi connectivity index (χ0n) is 20.7. The van der Waals surface area contributed by atoms with Crippen molar-refractivity contribution < 1.29 is 29.0 Å². The Labute approximate surface area is 199 Å². The molecule has 6 nitrogen and oxygen atoms in total. The number of hydrogen-bond acceptors (Lipinski definition) is 5. The molecule has 6 heteroatoms. The molecular formula is C27H42O6. The predicted octanol–water partition coefficient (Wildman–Crippen LogP) is 6.98. The van der Waals surface area contributed by atoms with Crippen molar-refractivity contribution in [3.8, 4) is 0 Å². The molecule has 1 aromatic carbocycles. The third-order valence-corrected chi connectivity index (χ3v) is 5.63. The fraction of sp³-hybridized carbons (Fsp3) is 0.667. The Morgan fingerprint density at radius 1 is 0.667 bits per heavy atom. The van der Waals surface area contributed by atoms with Crippen LogP contribution in [0, 0.1) is 0 Å². The summed E-state index contributed by atoms with van der Waals surface area (Å²) < 4.78 is 10.7. The Hall–Kier alpha value is -2.37. The molecule has 0 aliphatic heterocycles. The first kappa shape index (κ1) is 28.7. The summed E-state index contributed by atoms with van der Waals surface area (Å²) >= 11 is 0. The molecule has 0 saturated heterocycles. The Morgan fingerprint density at radius 3 is 1.48 bits per heavy atom. The smallest absolute Gasteiger partial charge is 0.339 e. The first-order valence-corrected chi connectivity index (χ1v) is 12.7. The minimum Gasteiger partial charge on any atom is -0.478 e. The Balaban J connectivity index is 3.11. The van der Waals surface area contributed by atoms with Gasteiger partial charge in [0.05, 0.1) is 29.9 Å². The van der Waals surface area contributed by atoms with Gasteiger partial charge in [-0.2, -0.15) is 0 Å². The van der Waals surface area contributed by atoms with E-state index in [0.717, 1.165) is 82.6 Å². The molecule has 0 bridgehead atoms. The molecule has 0 spiro atoms. The van der Waals surface area contributed by atoms with Gasteiger partial charge in [0.1, 0.15) is 0 Å². The van der Waals surface area contributed by atoms with Crippen LogP contribution < -0.4 is 0 Å². The lowest BCUT2D eigenvalue weighted by Crippen LogP contribution is -2.19. The van der Waals surface area contributed by atoms with Gasteiger partial charge in [0.2, 0.25) is 0 Å². The third kappa shape index (κ3) is 10.9. The maximum absolute atomic E-state index is 12.8. The molecule has 0 unspecified atom stereocenters. The van der Waals surface area contributed by atoms with Gasteiger partial charge >= 0.3 is 17.9 Å². The summed E-state index contributed by atoms with van der Waals surface area (Å²) in [6.07, 6.45) is 12.4. The molecule has 33 heavy (non-hydrogen) atoms. The first-order valence-electron chi connectivity index (χ1n) is 12.7. The van der Waals surface area contributed by atoms with Crippen molar-refractivity contribution in [1.82, 2.24) is 0 Å². The number of hydrogen-bond donors (Lipinski definition) is 1. The van der Waals surface area contributed by atoms with Gasteiger partial charge in [-0.15, -0.1) is 0 Å². The van der Waals surface area contributed by atoms with Gasteiger partial charge in [-0.1, -0.05) is 78.6 Å². The van der Waals surface area contributed by atoms with Crippen molar-refractivity contribution in [2.45, 2.75) is 104 Å². The minimum absolute atomic E-state index is 0.0658. The Morgan fingerprint density at radius 2 is 1.09 bits per heavy atom. The van der Waals surface area contributed by atoms with Crippen LogP contribution in [0.1, 0.15) is 134 Å². The number of esters is 2. The van der Waals surface area contributed by atoms with Crippen LogP contribution in [0.4, 0.5) is 0 Å². The lowest BCUT2D eigenvalue weighted by Gasteiger charge is -2.14. The van der Waals surface area contributed by atoms with Crippen LogP contribution in [0.5, 0.6) is 0 Å². The van der Waals surface area contributed by atoms with E-state index in [-0.39, 0.29) is 29.9 Å². The molecule has 0 atom stereocenters. The van der Waals surface area contributed by atoms with Crippen molar-refractivity contribution >= 4 is 17.9 Å². The van der Waals surface area contributed by atoms with Gasteiger partial charge in [-0.05, 0) is 43.4 Å². The number of rotatable bonds is 18. The molecule has 0 aliphatic carbocycles. The highest BCUT2D eigenvalue weighted by atomic mass is 16.5. The van der Waals surface area contributed by atoms with Crippen LogP contribution in [0.15, 0.2) is 12.1 Å². The average molecular weight is 463 g/mol. The SMILES string of the molecule is CCCCCCOC(=O)c1cc(CCCCCC)cc(C(=O)OCCCCCC)c1C(=O)O. The van der Waals surface area contributed by atoms with Crippen LogP contribution in [-0.2, 0) is 15.9 Å². The van der Waals surface area contributed by atoms with E-state index in [9.17, 15) is 19.5 Å². The summed E-state index contributed by atoms with van der Waals surface area (Å²) in [5, 5.41) is 9.85. The second-order valence-corrected chi connectivity index (χ2v) is 8.57. The maximum atomic E-state index is 12.8. The fourth-order valence-electron chi connectivity index (χ4n) is 3.70. The van der Waals surface area contributed by atoms with Gasteiger partial charge in [0.25, 0.3) is 0 Å². The van der Waals surface area contributed by atoms with Gasteiger partial charge in [0.15, 0.2) is 0 Å². The van der Waals surface area contributed by atoms with Crippen molar-refractivity contribution in [1.29, 1.82) is 0 Å². The molecule has 1 N–H and O–H groups in total. The molecule has 0 amide bonds. The Bertz CT molecular complexity index is 693. The second-order valence-electron chi connectivity index (χ2n) is 8.57. The van der Waals surface area contributed by atoms with Crippen LogP contribution in [0.3, 0.4) is 0 Å². The molecule has 1 aromatic rings.